The predicted molar refractivity (Wildman–Crippen MR) is 102 cm³/mol. The molecule has 0 aromatic carbocycles. The molecule has 0 unspecified atom stereocenters. The Bertz CT molecular complexity index is 569. The lowest BCUT2D eigenvalue weighted by Gasteiger charge is -2.49. The second-order valence-corrected chi connectivity index (χ2v) is 8.82. The highest BCUT2D eigenvalue weighted by atomic mass is 16.3. The van der Waals surface area contributed by atoms with Crippen molar-refractivity contribution in [2.24, 2.45) is 35.0 Å². The lowest BCUT2D eigenvalue weighted by molar-refractivity contribution is -0.115. The van der Waals surface area contributed by atoms with Crippen molar-refractivity contribution in [1.82, 2.24) is 0 Å². The van der Waals surface area contributed by atoms with Crippen molar-refractivity contribution in [2.45, 2.75) is 71.6 Å². The molecule has 0 radical (unpaired) electrons. The molecular formula is C23H34O2. The molecule has 0 aromatic heterocycles. The Labute approximate surface area is 153 Å². The van der Waals surface area contributed by atoms with E-state index in [0.29, 0.717) is 35.5 Å². The highest BCUT2D eigenvalue weighted by Crippen LogP contribution is 2.61. The summed E-state index contributed by atoms with van der Waals surface area (Å²) in [7, 11) is 0. The number of allylic oxidation sites excluding steroid dienone is 1. The smallest absolute Gasteiger partial charge is 0.155 e. The molecule has 2 nitrogen and oxygen atoms in total. The van der Waals surface area contributed by atoms with Crippen LogP contribution in [0.15, 0.2) is 11.6 Å². The van der Waals surface area contributed by atoms with E-state index in [1.54, 1.807) is 0 Å². The third kappa shape index (κ3) is 3.33. The van der Waals surface area contributed by atoms with Gasteiger partial charge in [-0.1, -0.05) is 19.4 Å². The average Bonchev–Trinajstić information content (AvgIpc) is 3.00. The average molecular weight is 343 g/mol. The first-order valence-electron chi connectivity index (χ1n) is 10.4. The summed E-state index contributed by atoms with van der Waals surface area (Å²) >= 11 is 0. The Kier molecular flexibility index (Phi) is 5.74. The van der Waals surface area contributed by atoms with Crippen LogP contribution in [0.1, 0.15) is 71.6 Å². The van der Waals surface area contributed by atoms with Crippen molar-refractivity contribution in [2.75, 3.05) is 6.61 Å². The number of aliphatic hydroxyl groups excluding tert-OH is 1. The maximum atomic E-state index is 11.8. The van der Waals surface area contributed by atoms with Gasteiger partial charge in [0.05, 0.1) is 0 Å². The third-order valence-corrected chi connectivity index (χ3v) is 7.91. The quantitative estimate of drug-likeness (QED) is 0.731. The Hall–Kier alpha value is -1.07. The predicted octanol–water partition coefficient (Wildman–Crippen LogP) is 4.77. The first-order valence-corrected chi connectivity index (χ1v) is 10.4. The van der Waals surface area contributed by atoms with Crippen LogP contribution < -0.4 is 0 Å². The highest BCUT2D eigenvalue weighted by molar-refractivity contribution is 5.91. The maximum absolute atomic E-state index is 11.8. The molecule has 0 saturated heterocycles. The molecule has 1 N–H and O–H groups in total. The molecule has 2 fully saturated rings. The molecule has 138 valence electrons. The normalized spacial score (nSPS) is 39.4. The van der Waals surface area contributed by atoms with Crippen LogP contribution in [0.4, 0.5) is 0 Å². The maximum Gasteiger partial charge on any atom is 0.155 e. The number of ketones is 1. The van der Waals surface area contributed by atoms with Crippen LogP contribution in [0, 0.1) is 47.3 Å². The van der Waals surface area contributed by atoms with E-state index in [0.717, 1.165) is 19.3 Å². The largest absolute Gasteiger partial charge is 0.396 e. The topological polar surface area (TPSA) is 37.3 Å². The van der Waals surface area contributed by atoms with Crippen LogP contribution in [0.5, 0.6) is 0 Å². The van der Waals surface area contributed by atoms with Crippen LogP contribution in [0.3, 0.4) is 0 Å². The Morgan fingerprint density at radius 3 is 2.80 bits per heavy atom. The van der Waals surface area contributed by atoms with Gasteiger partial charge in [-0.25, -0.2) is 0 Å². The minimum absolute atomic E-state index is 0.161. The molecule has 0 amide bonds. The molecule has 3 aliphatic rings. The SMILES string of the molecule is C#C[C@H]1CC[C@H]2[C@H](C[C@@H](CO)C3=CC(=O)CCC3)[C@@H](C)CC[C@]12CC. The number of rotatable bonds is 5. The van der Waals surface area contributed by atoms with Gasteiger partial charge >= 0.3 is 0 Å². The Morgan fingerprint density at radius 2 is 2.16 bits per heavy atom. The van der Waals surface area contributed by atoms with E-state index < -0.39 is 0 Å². The van der Waals surface area contributed by atoms with Gasteiger partial charge in [0.1, 0.15) is 0 Å². The minimum atomic E-state index is 0.161. The van der Waals surface area contributed by atoms with E-state index in [9.17, 15) is 9.90 Å². The summed E-state index contributed by atoms with van der Waals surface area (Å²) in [6.45, 7) is 4.89. The molecule has 3 rings (SSSR count). The summed E-state index contributed by atoms with van der Waals surface area (Å²) in [5.74, 6) is 5.96. The van der Waals surface area contributed by atoms with Crippen molar-refractivity contribution >= 4 is 5.78 Å². The van der Waals surface area contributed by atoms with Gasteiger partial charge in [-0.15, -0.1) is 12.3 Å². The summed E-state index contributed by atoms with van der Waals surface area (Å²) < 4.78 is 0. The van der Waals surface area contributed by atoms with Gasteiger partial charge in [0, 0.05) is 24.9 Å². The van der Waals surface area contributed by atoms with Gasteiger partial charge in [0.2, 0.25) is 0 Å². The fraction of sp³-hybridized carbons (Fsp3) is 0.783. The minimum Gasteiger partial charge on any atom is -0.396 e. The van der Waals surface area contributed by atoms with E-state index in [4.69, 9.17) is 6.42 Å². The van der Waals surface area contributed by atoms with Crippen molar-refractivity contribution < 1.29 is 9.90 Å². The van der Waals surface area contributed by atoms with Crippen LogP contribution in [0.2, 0.25) is 0 Å². The van der Waals surface area contributed by atoms with Crippen molar-refractivity contribution in [1.29, 1.82) is 0 Å². The second kappa shape index (κ2) is 7.67. The van der Waals surface area contributed by atoms with Crippen LogP contribution in [0.25, 0.3) is 0 Å². The van der Waals surface area contributed by atoms with E-state index in [1.165, 1.54) is 37.7 Å². The van der Waals surface area contributed by atoms with Crippen LogP contribution in [-0.2, 0) is 4.79 Å². The molecule has 0 aromatic rings. The summed E-state index contributed by atoms with van der Waals surface area (Å²) in [6, 6.07) is 0. The lowest BCUT2D eigenvalue weighted by Crippen LogP contribution is -2.43. The monoisotopic (exact) mass is 342 g/mol. The van der Waals surface area contributed by atoms with Crippen molar-refractivity contribution in [3.63, 3.8) is 0 Å². The first-order chi connectivity index (χ1) is 12.1. The van der Waals surface area contributed by atoms with Gasteiger partial charge in [0.15, 0.2) is 5.78 Å². The zero-order valence-corrected chi connectivity index (χ0v) is 16.0. The number of hydrogen-bond donors (Lipinski definition) is 1. The Balaban J connectivity index is 1.82. The highest BCUT2D eigenvalue weighted by Gasteiger charge is 2.54. The molecule has 6 atom stereocenters. The summed E-state index contributed by atoms with van der Waals surface area (Å²) in [4.78, 5) is 11.8. The second-order valence-electron chi connectivity index (χ2n) is 8.82. The molecule has 3 aliphatic carbocycles. The molecule has 25 heavy (non-hydrogen) atoms. The molecular weight excluding hydrogens is 308 g/mol. The van der Waals surface area contributed by atoms with E-state index >= 15 is 0 Å². The number of carbonyl (C=O) groups is 1. The number of terminal acetylenes is 1. The fourth-order valence-electron chi connectivity index (χ4n) is 6.43. The number of hydrogen-bond acceptors (Lipinski definition) is 2. The van der Waals surface area contributed by atoms with Crippen molar-refractivity contribution in [3.05, 3.63) is 11.6 Å². The fourth-order valence-corrected chi connectivity index (χ4v) is 6.43. The van der Waals surface area contributed by atoms with Gasteiger partial charge in [-0.05, 0) is 80.6 Å². The Morgan fingerprint density at radius 1 is 1.36 bits per heavy atom. The summed E-state index contributed by atoms with van der Waals surface area (Å²) in [5, 5.41) is 10.1. The first kappa shape index (κ1) is 18.7. The molecule has 0 aliphatic heterocycles. The van der Waals surface area contributed by atoms with Crippen LogP contribution in [-0.4, -0.2) is 17.5 Å². The molecule has 0 bridgehead atoms. The van der Waals surface area contributed by atoms with Gasteiger partial charge in [-0.3, -0.25) is 4.79 Å². The molecule has 0 heterocycles. The lowest BCUT2D eigenvalue weighted by atomic mass is 9.55. The van der Waals surface area contributed by atoms with E-state index in [1.807, 2.05) is 6.08 Å². The van der Waals surface area contributed by atoms with Gasteiger partial charge in [0.25, 0.3) is 0 Å². The molecule has 2 heteroatoms. The number of fused-ring (bicyclic) bond motifs is 1. The van der Waals surface area contributed by atoms with Crippen molar-refractivity contribution in [3.8, 4) is 12.3 Å². The van der Waals surface area contributed by atoms with Gasteiger partial charge in [-0.2, -0.15) is 0 Å². The van der Waals surface area contributed by atoms with Crippen LogP contribution >= 0.6 is 0 Å². The third-order valence-electron chi connectivity index (χ3n) is 7.91. The molecule has 0 spiro atoms. The van der Waals surface area contributed by atoms with E-state index in [-0.39, 0.29) is 18.3 Å². The zero-order chi connectivity index (χ0) is 18.0. The van der Waals surface area contributed by atoms with E-state index in [2.05, 4.69) is 19.8 Å². The molecule has 2 saturated carbocycles. The zero-order valence-electron chi connectivity index (χ0n) is 16.0. The van der Waals surface area contributed by atoms with Gasteiger partial charge < -0.3 is 5.11 Å². The number of aliphatic hydroxyl groups is 1. The summed E-state index contributed by atoms with van der Waals surface area (Å²) in [5.41, 5.74) is 1.52. The standard InChI is InChI=1S/C23H34O2/c1-4-19-9-10-22-21(16(3)11-12-23(19,22)5-2)14-18(15-24)17-7-6-8-20(25)13-17/h1,13,16,18-19,21-22,24H,5-12,14-15H2,2-3H3/t16-,18-,19-,21+,22-,23+/m0/s1. The number of carbonyl (C=O) groups excluding carboxylic acids is 1. The summed E-state index contributed by atoms with van der Waals surface area (Å²) in [6.07, 6.45) is 17.5.